The van der Waals surface area contributed by atoms with E-state index in [0.29, 0.717) is 6.42 Å². The fraction of sp³-hybridized carbons (Fsp3) is 0.500. The van der Waals surface area contributed by atoms with E-state index in [1.165, 1.54) is 6.08 Å². The molecule has 0 amide bonds. The van der Waals surface area contributed by atoms with Gasteiger partial charge < -0.3 is 0 Å². The van der Waals surface area contributed by atoms with Crippen LogP contribution in [0.15, 0.2) is 17.3 Å². The number of hydrogen-bond acceptors (Lipinski definition) is 2. The Morgan fingerprint density at radius 2 is 2.50 bits per heavy atom. The summed E-state index contributed by atoms with van der Waals surface area (Å²) in [5, 5.41) is 0. The summed E-state index contributed by atoms with van der Waals surface area (Å²) < 4.78 is 0. The van der Waals surface area contributed by atoms with Crippen LogP contribution < -0.4 is 0 Å². The summed E-state index contributed by atoms with van der Waals surface area (Å²) in [4.78, 5) is 14.9. The largest absolute Gasteiger partial charge is 0.294 e. The van der Waals surface area contributed by atoms with Crippen molar-refractivity contribution < 1.29 is 4.79 Å². The van der Waals surface area contributed by atoms with Crippen molar-refractivity contribution in [1.82, 2.24) is 0 Å². The minimum atomic E-state index is 0.179. The van der Waals surface area contributed by atoms with Crippen LogP contribution >= 0.6 is 0 Å². The molecule has 2 nitrogen and oxygen atoms in total. The standard InChI is InChI=1S/C8H11NO/c1-2-3-7-6-8(10)4-5-9-7/h4-5H,2-3,6H2,1H3. The molecule has 0 radical (unpaired) electrons. The maximum absolute atomic E-state index is 10.8. The van der Waals surface area contributed by atoms with Gasteiger partial charge in [-0.05, 0) is 12.5 Å². The number of rotatable bonds is 2. The van der Waals surface area contributed by atoms with Gasteiger partial charge in [0.25, 0.3) is 0 Å². The van der Waals surface area contributed by atoms with Crippen LogP contribution in [0.3, 0.4) is 0 Å². The topological polar surface area (TPSA) is 29.4 Å². The lowest BCUT2D eigenvalue weighted by Crippen LogP contribution is -2.07. The molecule has 2 heteroatoms. The number of carbonyl (C=O) groups excluding carboxylic acids is 1. The van der Waals surface area contributed by atoms with Crippen LogP contribution in [-0.4, -0.2) is 11.5 Å². The van der Waals surface area contributed by atoms with Crippen molar-refractivity contribution in [3.05, 3.63) is 12.3 Å². The van der Waals surface area contributed by atoms with E-state index in [9.17, 15) is 4.79 Å². The van der Waals surface area contributed by atoms with E-state index >= 15 is 0 Å². The smallest absolute Gasteiger partial charge is 0.162 e. The second-order valence-electron chi connectivity index (χ2n) is 2.40. The first kappa shape index (κ1) is 7.19. The monoisotopic (exact) mass is 137 g/mol. The summed E-state index contributed by atoms with van der Waals surface area (Å²) in [5.41, 5.74) is 1.02. The lowest BCUT2D eigenvalue weighted by molar-refractivity contribution is -0.113. The van der Waals surface area contributed by atoms with Crippen molar-refractivity contribution in [2.75, 3.05) is 0 Å². The van der Waals surface area contributed by atoms with Gasteiger partial charge in [-0.2, -0.15) is 0 Å². The molecule has 0 atom stereocenters. The molecule has 0 bridgehead atoms. The quantitative estimate of drug-likeness (QED) is 0.569. The fourth-order valence-electron chi connectivity index (χ4n) is 0.973. The summed E-state index contributed by atoms with van der Waals surface area (Å²) in [6.45, 7) is 2.09. The van der Waals surface area contributed by atoms with Gasteiger partial charge in [0, 0.05) is 18.3 Å². The van der Waals surface area contributed by atoms with Gasteiger partial charge in [0.15, 0.2) is 5.78 Å². The van der Waals surface area contributed by atoms with Crippen molar-refractivity contribution in [2.24, 2.45) is 4.99 Å². The highest BCUT2D eigenvalue weighted by Crippen LogP contribution is 2.04. The molecule has 10 heavy (non-hydrogen) atoms. The predicted octanol–water partition coefficient (Wildman–Crippen LogP) is 1.71. The molecule has 0 spiro atoms. The van der Waals surface area contributed by atoms with E-state index in [-0.39, 0.29) is 5.78 Å². The first-order valence-electron chi connectivity index (χ1n) is 3.58. The van der Waals surface area contributed by atoms with Crippen LogP contribution in [0.25, 0.3) is 0 Å². The molecule has 54 valence electrons. The van der Waals surface area contributed by atoms with Crippen molar-refractivity contribution in [2.45, 2.75) is 26.2 Å². The maximum atomic E-state index is 10.8. The van der Waals surface area contributed by atoms with Gasteiger partial charge in [-0.3, -0.25) is 9.79 Å². The first-order chi connectivity index (χ1) is 4.83. The Labute approximate surface area is 60.7 Å². The molecule has 0 aromatic rings. The zero-order valence-electron chi connectivity index (χ0n) is 6.13. The first-order valence-corrected chi connectivity index (χ1v) is 3.58. The Morgan fingerprint density at radius 3 is 3.10 bits per heavy atom. The highest BCUT2D eigenvalue weighted by atomic mass is 16.1. The van der Waals surface area contributed by atoms with E-state index in [0.717, 1.165) is 18.6 Å². The van der Waals surface area contributed by atoms with Crippen molar-refractivity contribution in [3.8, 4) is 0 Å². The van der Waals surface area contributed by atoms with Crippen LogP contribution in [0, 0.1) is 0 Å². The Morgan fingerprint density at radius 1 is 1.70 bits per heavy atom. The molecule has 0 aromatic carbocycles. The molecule has 1 rings (SSSR count). The van der Waals surface area contributed by atoms with Gasteiger partial charge in [0.05, 0.1) is 0 Å². The molecule has 0 fully saturated rings. The second kappa shape index (κ2) is 3.30. The molecule has 1 aliphatic rings. The lowest BCUT2D eigenvalue weighted by atomic mass is 10.1. The summed E-state index contributed by atoms with van der Waals surface area (Å²) in [7, 11) is 0. The minimum Gasteiger partial charge on any atom is -0.294 e. The molecule has 0 saturated heterocycles. The van der Waals surface area contributed by atoms with Gasteiger partial charge in [-0.1, -0.05) is 13.3 Å². The zero-order chi connectivity index (χ0) is 7.40. The number of nitrogens with zero attached hydrogens (tertiary/aromatic N) is 1. The Hall–Kier alpha value is -0.920. The second-order valence-corrected chi connectivity index (χ2v) is 2.40. The van der Waals surface area contributed by atoms with Gasteiger partial charge in [-0.15, -0.1) is 0 Å². The minimum absolute atomic E-state index is 0.179. The number of aliphatic imine (C=N–C) groups is 1. The molecule has 0 saturated carbocycles. The number of carbonyl (C=O) groups is 1. The Bertz CT molecular complexity index is 191. The van der Waals surface area contributed by atoms with Gasteiger partial charge in [-0.25, -0.2) is 0 Å². The van der Waals surface area contributed by atoms with Crippen LogP contribution in [-0.2, 0) is 4.79 Å². The highest BCUT2D eigenvalue weighted by molar-refractivity contribution is 6.08. The van der Waals surface area contributed by atoms with Crippen molar-refractivity contribution in [1.29, 1.82) is 0 Å². The van der Waals surface area contributed by atoms with E-state index in [1.54, 1.807) is 6.20 Å². The summed E-state index contributed by atoms with van der Waals surface area (Å²) in [5.74, 6) is 0.179. The predicted molar refractivity (Wildman–Crippen MR) is 41.1 cm³/mol. The van der Waals surface area contributed by atoms with Crippen LogP contribution in [0.1, 0.15) is 26.2 Å². The van der Waals surface area contributed by atoms with Gasteiger partial charge >= 0.3 is 0 Å². The van der Waals surface area contributed by atoms with Crippen LogP contribution in [0.5, 0.6) is 0 Å². The SMILES string of the molecule is CCCC1=NC=CC(=O)C1. The Balaban J connectivity index is 2.53. The molecular formula is C8H11NO. The average Bonchev–Trinajstić information content (AvgIpc) is 1.88. The van der Waals surface area contributed by atoms with Gasteiger partial charge in [0.2, 0.25) is 0 Å². The van der Waals surface area contributed by atoms with E-state index in [4.69, 9.17) is 0 Å². The highest BCUT2D eigenvalue weighted by Gasteiger charge is 2.06. The third-order valence-electron chi connectivity index (χ3n) is 1.43. The molecule has 0 N–H and O–H groups in total. The molecular weight excluding hydrogens is 126 g/mol. The fourth-order valence-corrected chi connectivity index (χ4v) is 0.973. The molecule has 0 aromatic heterocycles. The molecule has 1 heterocycles. The molecule has 0 unspecified atom stereocenters. The number of hydrogen-bond donors (Lipinski definition) is 0. The van der Waals surface area contributed by atoms with Gasteiger partial charge in [0.1, 0.15) is 0 Å². The van der Waals surface area contributed by atoms with E-state index in [2.05, 4.69) is 11.9 Å². The average molecular weight is 137 g/mol. The number of ketones is 1. The van der Waals surface area contributed by atoms with E-state index < -0.39 is 0 Å². The third kappa shape index (κ3) is 1.79. The summed E-state index contributed by atoms with van der Waals surface area (Å²) >= 11 is 0. The van der Waals surface area contributed by atoms with Crippen molar-refractivity contribution in [3.63, 3.8) is 0 Å². The maximum Gasteiger partial charge on any atom is 0.162 e. The molecule has 0 aliphatic carbocycles. The summed E-state index contributed by atoms with van der Waals surface area (Å²) in [6.07, 6.45) is 5.68. The van der Waals surface area contributed by atoms with Crippen LogP contribution in [0.4, 0.5) is 0 Å². The third-order valence-corrected chi connectivity index (χ3v) is 1.43. The number of allylic oxidation sites excluding steroid dienone is 1. The normalized spacial score (nSPS) is 17.3. The van der Waals surface area contributed by atoms with E-state index in [1.807, 2.05) is 0 Å². The molecule has 1 aliphatic heterocycles. The van der Waals surface area contributed by atoms with Crippen LogP contribution in [0.2, 0.25) is 0 Å². The van der Waals surface area contributed by atoms with Crippen molar-refractivity contribution >= 4 is 11.5 Å². The lowest BCUT2D eigenvalue weighted by Gasteiger charge is -2.03. The summed E-state index contributed by atoms with van der Waals surface area (Å²) in [6, 6.07) is 0. The zero-order valence-corrected chi connectivity index (χ0v) is 6.13. The Kier molecular flexibility index (Phi) is 2.37.